The van der Waals surface area contributed by atoms with E-state index in [0.717, 1.165) is 37.1 Å². The van der Waals surface area contributed by atoms with Gasteiger partial charge in [-0.3, -0.25) is 4.72 Å². The number of sulfonamides is 1. The third-order valence-corrected chi connectivity index (χ3v) is 6.02. The zero-order chi connectivity index (χ0) is 21.1. The zero-order valence-corrected chi connectivity index (χ0v) is 16.6. The number of anilines is 2. The first-order chi connectivity index (χ1) is 14.4. The molecule has 2 aromatic carbocycles. The summed E-state index contributed by atoms with van der Waals surface area (Å²) >= 11 is 0. The van der Waals surface area contributed by atoms with Crippen molar-refractivity contribution < 1.29 is 21.9 Å². The van der Waals surface area contributed by atoms with Crippen LogP contribution in [0.3, 0.4) is 0 Å². The van der Waals surface area contributed by atoms with E-state index in [1.54, 1.807) is 18.2 Å². The molecule has 156 valence electrons. The zero-order valence-electron chi connectivity index (χ0n) is 15.8. The van der Waals surface area contributed by atoms with Crippen LogP contribution < -0.4 is 9.62 Å². The second kappa shape index (κ2) is 8.33. The molecule has 7 nitrogen and oxygen atoms in total. The molecule has 0 saturated carbocycles. The van der Waals surface area contributed by atoms with Gasteiger partial charge in [0, 0.05) is 24.3 Å². The van der Waals surface area contributed by atoms with Crippen molar-refractivity contribution in [1.29, 1.82) is 0 Å². The predicted octanol–water partition coefficient (Wildman–Crippen LogP) is 3.06. The highest BCUT2D eigenvalue weighted by Gasteiger charge is 2.24. The Morgan fingerprint density at radius 3 is 2.30 bits per heavy atom. The molecule has 10 heteroatoms. The summed E-state index contributed by atoms with van der Waals surface area (Å²) in [6.07, 6.45) is 0. The fourth-order valence-corrected chi connectivity index (χ4v) is 4.32. The summed E-state index contributed by atoms with van der Waals surface area (Å²) in [6.45, 7) is 2.73. The van der Waals surface area contributed by atoms with Crippen LogP contribution in [-0.4, -0.2) is 44.9 Å². The number of halogens is 2. The van der Waals surface area contributed by atoms with Crippen molar-refractivity contribution in [1.82, 2.24) is 10.2 Å². The Morgan fingerprint density at radius 2 is 1.63 bits per heavy atom. The largest absolute Gasteiger partial charge is 0.378 e. The summed E-state index contributed by atoms with van der Waals surface area (Å²) in [6, 6.07) is 12.8. The molecule has 0 bridgehead atoms. The van der Waals surface area contributed by atoms with Gasteiger partial charge in [-0.2, -0.15) is 0 Å². The fourth-order valence-electron chi connectivity index (χ4n) is 3.13. The summed E-state index contributed by atoms with van der Waals surface area (Å²) in [5.74, 6) is -1.60. The molecule has 4 rings (SSSR count). The molecule has 0 atom stereocenters. The van der Waals surface area contributed by atoms with E-state index in [4.69, 9.17) is 4.74 Å². The second-order valence-electron chi connectivity index (χ2n) is 6.61. The number of hydrogen-bond acceptors (Lipinski definition) is 6. The number of ether oxygens (including phenoxy) is 1. The smallest absolute Gasteiger partial charge is 0.267 e. The minimum Gasteiger partial charge on any atom is -0.378 e. The van der Waals surface area contributed by atoms with Crippen molar-refractivity contribution in [2.24, 2.45) is 0 Å². The minimum absolute atomic E-state index is 0.147. The molecule has 1 aromatic heterocycles. The van der Waals surface area contributed by atoms with Crippen molar-refractivity contribution in [3.05, 3.63) is 66.2 Å². The van der Waals surface area contributed by atoms with Gasteiger partial charge in [0.15, 0.2) is 10.7 Å². The van der Waals surface area contributed by atoms with Crippen LogP contribution in [0.2, 0.25) is 0 Å². The number of benzene rings is 2. The number of nitrogens with zero attached hydrogens (tertiary/aromatic N) is 3. The van der Waals surface area contributed by atoms with Gasteiger partial charge < -0.3 is 9.64 Å². The molecule has 0 radical (unpaired) electrons. The van der Waals surface area contributed by atoms with Crippen LogP contribution in [0, 0.1) is 11.6 Å². The molecule has 1 N–H and O–H groups in total. The second-order valence-corrected chi connectivity index (χ2v) is 8.23. The van der Waals surface area contributed by atoms with Gasteiger partial charge in [-0.25, -0.2) is 17.2 Å². The van der Waals surface area contributed by atoms with Crippen LogP contribution in [0.4, 0.5) is 20.3 Å². The average molecular weight is 432 g/mol. The van der Waals surface area contributed by atoms with E-state index in [1.165, 1.54) is 12.1 Å². The molecule has 1 saturated heterocycles. The number of rotatable bonds is 5. The molecule has 2 heterocycles. The van der Waals surface area contributed by atoms with Crippen molar-refractivity contribution in [3.8, 4) is 11.3 Å². The molecule has 0 unspecified atom stereocenters. The maximum absolute atomic E-state index is 13.9. The lowest BCUT2D eigenvalue weighted by molar-refractivity contribution is 0.122. The van der Waals surface area contributed by atoms with Gasteiger partial charge in [-0.05, 0) is 36.4 Å². The van der Waals surface area contributed by atoms with Crippen LogP contribution in [0.1, 0.15) is 0 Å². The number of aromatic nitrogens is 2. The average Bonchev–Trinajstić information content (AvgIpc) is 2.74. The van der Waals surface area contributed by atoms with Crippen LogP contribution >= 0.6 is 0 Å². The highest BCUT2D eigenvalue weighted by molar-refractivity contribution is 7.92. The van der Waals surface area contributed by atoms with Crippen LogP contribution in [0.25, 0.3) is 11.3 Å². The van der Waals surface area contributed by atoms with Gasteiger partial charge in [0.1, 0.15) is 11.6 Å². The standard InChI is InChI=1S/C20H18F2N4O3S/c21-16-5-2-6-17(22)20(16)30(27,28)25-15-4-1-3-14(13-15)18-7-8-19(24-23-18)26-9-11-29-12-10-26/h1-8,13,25H,9-12H2. The molecular formula is C20H18F2N4O3S. The summed E-state index contributed by atoms with van der Waals surface area (Å²) in [4.78, 5) is 1.04. The van der Waals surface area contributed by atoms with Gasteiger partial charge in [-0.15, -0.1) is 10.2 Å². The first-order valence-corrected chi connectivity index (χ1v) is 10.7. The van der Waals surface area contributed by atoms with E-state index >= 15 is 0 Å². The lowest BCUT2D eigenvalue weighted by Gasteiger charge is -2.27. The molecule has 0 spiro atoms. The third kappa shape index (κ3) is 4.24. The van der Waals surface area contributed by atoms with Gasteiger partial charge in [0.25, 0.3) is 10.0 Å². The van der Waals surface area contributed by atoms with Crippen molar-refractivity contribution in [3.63, 3.8) is 0 Å². The van der Waals surface area contributed by atoms with E-state index in [9.17, 15) is 17.2 Å². The van der Waals surface area contributed by atoms with E-state index in [1.807, 2.05) is 6.07 Å². The Balaban J connectivity index is 1.57. The minimum atomic E-state index is -4.45. The van der Waals surface area contributed by atoms with Gasteiger partial charge >= 0.3 is 0 Å². The molecule has 1 aliphatic rings. The Labute approximate surface area is 172 Å². The van der Waals surface area contributed by atoms with Gasteiger partial charge in [0.05, 0.1) is 18.9 Å². The summed E-state index contributed by atoms with van der Waals surface area (Å²) in [5, 5.41) is 8.45. The normalized spacial score (nSPS) is 14.5. The monoisotopic (exact) mass is 432 g/mol. The fraction of sp³-hybridized carbons (Fsp3) is 0.200. The van der Waals surface area contributed by atoms with E-state index in [2.05, 4.69) is 19.8 Å². The maximum atomic E-state index is 13.9. The molecule has 30 heavy (non-hydrogen) atoms. The number of nitrogens with one attached hydrogen (secondary N) is 1. The molecule has 0 aliphatic carbocycles. The highest BCUT2D eigenvalue weighted by Crippen LogP contribution is 2.25. The van der Waals surface area contributed by atoms with Crippen LogP contribution in [0.15, 0.2) is 59.5 Å². The van der Waals surface area contributed by atoms with E-state index in [-0.39, 0.29) is 5.69 Å². The first kappa shape index (κ1) is 20.2. The maximum Gasteiger partial charge on any atom is 0.267 e. The summed E-state index contributed by atoms with van der Waals surface area (Å²) in [5.41, 5.74) is 1.28. The van der Waals surface area contributed by atoms with Gasteiger partial charge in [0.2, 0.25) is 0 Å². The molecular weight excluding hydrogens is 414 g/mol. The highest BCUT2D eigenvalue weighted by atomic mass is 32.2. The van der Waals surface area contributed by atoms with Crippen LogP contribution in [0.5, 0.6) is 0 Å². The lowest BCUT2D eigenvalue weighted by Crippen LogP contribution is -2.36. The Hall–Kier alpha value is -3.11. The molecule has 1 aliphatic heterocycles. The Kier molecular flexibility index (Phi) is 5.60. The number of hydrogen-bond donors (Lipinski definition) is 1. The number of morpholine rings is 1. The topological polar surface area (TPSA) is 84.4 Å². The SMILES string of the molecule is O=S(=O)(Nc1cccc(-c2ccc(N3CCOCC3)nn2)c1)c1c(F)cccc1F. The van der Waals surface area contributed by atoms with Crippen molar-refractivity contribution in [2.45, 2.75) is 4.90 Å². The Morgan fingerprint density at radius 1 is 0.933 bits per heavy atom. The third-order valence-electron chi connectivity index (χ3n) is 4.58. The summed E-state index contributed by atoms with van der Waals surface area (Å²) in [7, 11) is -4.45. The van der Waals surface area contributed by atoms with Crippen molar-refractivity contribution >= 4 is 21.5 Å². The van der Waals surface area contributed by atoms with E-state index in [0.29, 0.717) is 24.5 Å². The first-order valence-electron chi connectivity index (χ1n) is 9.18. The predicted molar refractivity (Wildman–Crippen MR) is 108 cm³/mol. The Bertz CT molecular complexity index is 1130. The van der Waals surface area contributed by atoms with Gasteiger partial charge in [-0.1, -0.05) is 18.2 Å². The molecule has 3 aromatic rings. The molecule has 0 amide bonds. The van der Waals surface area contributed by atoms with Crippen LogP contribution in [-0.2, 0) is 14.8 Å². The quantitative estimate of drug-likeness (QED) is 0.667. The summed E-state index contributed by atoms with van der Waals surface area (Å²) < 4.78 is 60.3. The van der Waals surface area contributed by atoms with E-state index < -0.39 is 26.6 Å². The van der Waals surface area contributed by atoms with Crippen molar-refractivity contribution in [2.75, 3.05) is 35.9 Å². The molecule has 1 fully saturated rings. The lowest BCUT2D eigenvalue weighted by atomic mass is 10.1.